The molecular weight excluding hydrogens is 444 g/mol. The molecule has 1 aliphatic carbocycles. The number of rotatable bonds is 7. The number of hydrogen-bond acceptors (Lipinski definition) is 4. The number of carbonyl (C=O) groups excluding carboxylic acids is 4. The molecule has 0 unspecified atom stereocenters. The van der Waals surface area contributed by atoms with Gasteiger partial charge in [0.15, 0.2) is 5.54 Å². The summed E-state index contributed by atoms with van der Waals surface area (Å²) in [7, 11) is 0. The molecule has 8 nitrogen and oxygen atoms in total. The minimum Gasteiger partial charge on any atom is -0.349 e. The number of carbonyl (C=O) groups is 4. The SMILES string of the molecule is O=C(CN1C(=O)NC(c2ccccc2)(c2ccccc2)C1=O)Nc1cccc(C(=O)NC2CC2)c1. The molecule has 8 heteroatoms. The summed E-state index contributed by atoms with van der Waals surface area (Å²) in [5.41, 5.74) is 0.601. The smallest absolute Gasteiger partial charge is 0.326 e. The number of anilines is 1. The van der Waals surface area contributed by atoms with E-state index in [9.17, 15) is 19.2 Å². The molecular formula is C27H24N4O4. The minimum absolute atomic E-state index is 0.201. The zero-order valence-corrected chi connectivity index (χ0v) is 18.9. The van der Waals surface area contributed by atoms with Crippen LogP contribution < -0.4 is 16.0 Å². The Balaban J connectivity index is 1.35. The summed E-state index contributed by atoms with van der Waals surface area (Å²) in [6, 6.07) is 24.0. The van der Waals surface area contributed by atoms with Crippen molar-refractivity contribution >= 4 is 29.4 Å². The molecule has 3 N–H and O–H groups in total. The van der Waals surface area contributed by atoms with Gasteiger partial charge in [-0.1, -0.05) is 66.7 Å². The Hall–Kier alpha value is -4.46. The van der Waals surface area contributed by atoms with E-state index in [1.165, 1.54) is 0 Å². The Labute approximate surface area is 202 Å². The molecule has 5 amide bonds. The van der Waals surface area contributed by atoms with Crippen LogP contribution in [-0.4, -0.2) is 41.2 Å². The average Bonchev–Trinajstić information content (AvgIpc) is 3.66. The fraction of sp³-hybridized carbons (Fsp3) is 0.185. The van der Waals surface area contributed by atoms with E-state index in [0.717, 1.165) is 17.7 Å². The first kappa shape index (κ1) is 22.3. The number of nitrogens with zero attached hydrogens (tertiary/aromatic N) is 1. The third-order valence-electron chi connectivity index (χ3n) is 6.14. The molecule has 5 rings (SSSR count). The van der Waals surface area contributed by atoms with Crippen molar-refractivity contribution in [2.24, 2.45) is 0 Å². The molecule has 3 aromatic rings. The van der Waals surface area contributed by atoms with Crippen LogP contribution in [0, 0.1) is 0 Å². The Morgan fingerprint density at radius 3 is 2.11 bits per heavy atom. The fourth-order valence-electron chi connectivity index (χ4n) is 4.23. The zero-order chi connectivity index (χ0) is 24.4. The van der Waals surface area contributed by atoms with Gasteiger partial charge >= 0.3 is 6.03 Å². The summed E-state index contributed by atoms with van der Waals surface area (Å²) in [5, 5.41) is 8.41. The fourth-order valence-corrected chi connectivity index (χ4v) is 4.23. The summed E-state index contributed by atoms with van der Waals surface area (Å²) in [4.78, 5) is 52.7. The molecule has 0 spiro atoms. The quantitative estimate of drug-likeness (QED) is 0.463. The molecule has 0 aromatic heterocycles. The second-order valence-electron chi connectivity index (χ2n) is 8.68. The second-order valence-corrected chi connectivity index (χ2v) is 8.68. The van der Waals surface area contributed by atoms with Gasteiger partial charge in [0.05, 0.1) is 0 Å². The van der Waals surface area contributed by atoms with Crippen molar-refractivity contribution in [3.05, 3.63) is 102 Å². The Bertz CT molecular complexity index is 1250. The molecule has 1 saturated carbocycles. The standard InChI is InChI=1S/C27H24N4O4/c32-23(28-22-13-7-8-18(16-22)24(33)29-21-14-15-21)17-31-25(34)27(30-26(31)35,19-9-3-1-4-10-19)20-11-5-2-6-12-20/h1-13,16,21H,14-15,17H2,(H,28,32)(H,29,33)(H,30,35). The van der Waals surface area contributed by atoms with Crippen molar-refractivity contribution in [2.45, 2.75) is 24.4 Å². The van der Waals surface area contributed by atoms with Crippen LogP contribution in [0.4, 0.5) is 10.5 Å². The van der Waals surface area contributed by atoms with Crippen LogP contribution in [-0.2, 0) is 15.1 Å². The average molecular weight is 469 g/mol. The second kappa shape index (κ2) is 9.06. The van der Waals surface area contributed by atoms with Crippen molar-refractivity contribution in [2.75, 3.05) is 11.9 Å². The van der Waals surface area contributed by atoms with E-state index in [1.54, 1.807) is 72.8 Å². The molecule has 2 aliphatic rings. The summed E-state index contributed by atoms with van der Waals surface area (Å²) in [5.74, 6) is -1.29. The summed E-state index contributed by atoms with van der Waals surface area (Å²) in [6.07, 6.45) is 1.95. The first-order chi connectivity index (χ1) is 17.0. The van der Waals surface area contributed by atoms with Crippen LogP contribution in [0.2, 0.25) is 0 Å². The highest BCUT2D eigenvalue weighted by atomic mass is 16.2. The van der Waals surface area contributed by atoms with E-state index in [4.69, 9.17) is 0 Å². The van der Waals surface area contributed by atoms with Crippen LogP contribution in [0.25, 0.3) is 0 Å². The normalized spacial score (nSPS) is 16.5. The van der Waals surface area contributed by atoms with Crippen molar-refractivity contribution in [1.29, 1.82) is 0 Å². The predicted octanol–water partition coefficient (Wildman–Crippen LogP) is 3.01. The lowest BCUT2D eigenvalue weighted by Gasteiger charge is -2.28. The summed E-state index contributed by atoms with van der Waals surface area (Å²) in [6.45, 7) is -0.468. The molecule has 0 bridgehead atoms. The maximum Gasteiger partial charge on any atom is 0.326 e. The molecule has 1 saturated heterocycles. The largest absolute Gasteiger partial charge is 0.349 e. The van der Waals surface area contributed by atoms with E-state index in [0.29, 0.717) is 22.4 Å². The zero-order valence-electron chi connectivity index (χ0n) is 18.9. The van der Waals surface area contributed by atoms with Crippen LogP contribution in [0.5, 0.6) is 0 Å². The van der Waals surface area contributed by atoms with Crippen molar-refractivity contribution < 1.29 is 19.2 Å². The van der Waals surface area contributed by atoms with Gasteiger partial charge in [0, 0.05) is 17.3 Å². The molecule has 3 aromatic carbocycles. The van der Waals surface area contributed by atoms with Gasteiger partial charge in [-0.05, 0) is 42.2 Å². The van der Waals surface area contributed by atoms with Gasteiger partial charge in [0.25, 0.3) is 11.8 Å². The molecule has 1 aliphatic heterocycles. The molecule has 35 heavy (non-hydrogen) atoms. The number of benzene rings is 3. The van der Waals surface area contributed by atoms with Gasteiger partial charge in [-0.25, -0.2) is 4.79 Å². The number of hydrogen-bond donors (Lipinski definition) is 3. The van der Waals surface area contributed by atoms with Gasteiger partial charge in [-0.2, -0.15) is 0 Å². The predicted molar refractivity (Wildman–Crippen MR) is 129 cm³/mol. The molecule has 176 valence electrons. The molecule has 0 atom stereocenters. The summed E-state index contributed by atoms with van der Waals surface area (Å²) >= 11 is 0. The monoisotopic (exact) mass is 468 g/mol. The highest BCUT2D eigenvalue weighted by Gasteiger charge is 2.54. The van der Waals surface area contributed by atoms with Gasteiger partial charge in [-0.15, -0.1) is 0 Å². The van der Waals surface area contributed by atoms with Crippen molar-refractivity contribution in [3.63, 3.8) is 0 Å². The van der Waals surface area contributed by atoms with E-state index >= 15 is 0 Å². The van der Waals surface area contributed by atoms with Gasteiger partial charge < -0.3 is 16.0 Å². The lowest BCUT2D eigenvalue weighted by Crippen LogP contribution is -2.45. The summed E-state index contributed by atoms with van der Waals surface area (Å²) < 4.78 is 0. The molecule has 2 fully saturated rings. The van der Waals surface area contributed by atoms with E-state index < -0.39 is 29.9 Å². The van der Waals surface area contributed by atoms with Crippen molar-refractivity contribution in [1.82, 2.24) is 15.5 Å². The van der Waals surface area contributed by atoms with Crippen LogP contribution in [0.1, 0.15) is 34.3 Å². The first-order valence-electron chi connectivity index (χ1n) is 11.4. The van der Waals surface area contributed by atoms with Crippen LogP contribution in [0.15, 0.2) is 84.9 Å². The van der Waals surface area contributed by atoms with Gasteiger partial charge in [0.1, 0.15) is 6.54 Å². The van der Waals surface area contributed by atoms with E-state index in [-0.39, 0.29) is 11.9 Å². The Kier molecular flexibility index (Phi) is 5.78. The lowest BCUT2D eigenvalue weighted by atomic mass is 9.82. The minimum atomic E-state index is -1.43. The van der Waals surface area contributed by atoms with E-state index in [1.807, 2.05) is 12.1 Å². The Morgan fingerprint density at radius 2 is 1.51 bits per heavy atom. The highest BCUT2D eigenvalue weighted by molar-refractivity contribution is 6.12. The number of nitrogens with one attached hydrogen (secondary N) is 3. The topological polar surface area (TPSA) is 108 Å². The van der Waals surface area contributed by atoms with Crippen LogP contribution in [0.3, 0.4) is 0 Å². The lowest BCUT2D eigenvalue weighted by molar-refractivity contribution is -0.133. The van der Waals surface area contributed by atoms with Crippen molar-refractivity contribution in [3.8, 4) is 0 Å². The number of imide groups is 1. The maximum atomic E-state index is 13.7. The Morgan fingerprint density at radius 1 is 0.886 bits per heavy atom. The van der Waals surface area contributed by atoms with E-state index in [2.05, 4.69) is 16.0 Å². The third-order valence-corrected chi connectivity index (χ3v) is 6.14. The molecule has 0 radical (unpaired) electrons. The van der Waals surface area contributed by atoms with Gasteiger partial charge in [0.2, 0.25) is 5.91 Å². The number of amides is 5. The molecule has 1 heterocycles. The maximum absolute atomic E-state index is 13.7. The highest BCUT2D eigenvalue weighted by Crippen LogP contribution is 2.35. The number of urea groups is 1. The van der Waals surface area contributed by atoms with Crippen LogP contribution >= 0.6 is 0 Å². The third kappa shape index (κ3) is 4.38. The van der Waals surface area contributed by atoms with Gasteiger partial charge in [-0.3, -0.25) is 19.3 Å². The first-order valence-corrected chi connectivity index (χ1v) is 11.4.